The van der Waals surface area contributed by atoms with E-state index in [1.54, 1.807) is 13.2 Å². The zero-order chi connectivity index (χ0) is 15.7. The summed E-state index contributed by atoms with van der Waals surface area (Å²) in [6.07, 6.45) is 0.842. The van der Waals surface area contributed by atoms with E-state index < -0.39 is 0 Å². The summed E-state index contributed by atoms with van der Waals surface area (Å²) in [5.41, 5.74) is 2.80. The average Bonchev–Trinajstić information content (AvgIpc) is 2.53. The van der Waals surface area contributed by atoms with Gasteiger partial charge in [-0.2, -0.15) is 0 Å². The highest BCUT2D eigenvalue weighted by Gasteiger charge is 2.12. The molecule has 3 rings (SSSR count). The molecule has 0 saturated carbocycles. The second-order valence-corrected chi connectivity index (χ2v) is 5.92. The third-order valence-corrected chi connectivity index (χ3v) is 4.17. The minimum Gasteiger partial charge on any atom is -0.497 e. The molecule has 0 N–H and O–H groups in total. The van der Waals surface area contributed by atoms with E-state index in [0.717, 1.165) is 27.4 Å². The number of rotatable bonds is 3. The third-order valence-electron chi connectivity index (χ3n) is 3.68. The molecule has 0 spiro atoms. The van der Waals surface area contributed by atoms with Crippen molar-refractivity contribution in [1.82, 2.24) is 0 Å². The van der Waals surface area contributed by atoms with E-state index in [1.165, 1.54) is 0 Å². The molecule has 112 valence electrons. The maximum absolute atomic E-state index is 12.4. The molecule has 0 atom stereocenters. The Labute approximate surface area is 136 Å². The molecular formula is C18H15BrO3. The van der Waals surface area contributed by atoms with Crippen LogP contribution in [-0.2, 0) is 6.42 Å². The van der Waals surface area contributed by atoms with Gasteiger partial charge in [0.15, 0.2) is 0 Å². The molecule has 1 heterocycles. The Morgan fingerprint density at radius 2 is 1.91 bits per heavy atom. The highest BCUT2D eigenvalue weighted by molar-refractivity contribution is 9.10. The lowest BCUT2D eigenvalue weighted by Gasteiger charge is -2.09. The number of fused-ring (bicyclic) bond motifs is 1. The van der Waals surface area contributed by atoms with Gasteiger partial charge in [-0.25, -0.2) is 4.79 Å². The van der Waals surface area contributed by atoms with Crippen molar-refractivity contribution in [3.8, 4) is 16.9 Å². The molecular weight excluding hydrogens is 344 g/mol. The Morgan fingerprint density at radius 1 is 1.09 bits per heavy atom. The van der Waals surface area contributed by atoms with Crippen molar-refractivity contribution in [2.75, 3.05) is 7.11 Å². The second kappa shape index (κ2) is 5.97. The molecule has 0 aliphatic rings. The van der Waals surface area contributed by atoms with Crippen molar-refractivity contribution < 1.29 is 9.15 Å². The Bertz CT molecular complexity index is 896. The van der Waals surface area contributed by atoms with Crippen molar-refractivity contribution in [2.45, 2.75) is 13.3 Å². The van der Waals surface area contributed by atoms with Crippen LogP contribution in [0.3, 0.4) is 0 Å². The first-order chi connectivity index (χ1) is 10.6. The van der Waals surface area contributed by atoms with E-state index in [1.807, 2.05) is 36.4 Å². The Hall–Kier alpha value is -2.07. The summed E-state index contributed by atoms with van der Waals surface area (Å²) in [7, 11) is 1.59. The average molecular weight is 359 g/mol. The smallest absolute Gasteiger partial charge is 0.344 e. The van der Waals surface area contributed by atoms with E-state index in [2.05, 4.69) is 22.9 Å². The fraction of sp³-hybridized carbons (Fsp3) is 0.167. The lowest BCUT2D eigenvalue weighted by molar-refractivity contribution is 0.414. The maximum Gasteiger partial charge on any atom is 0.344 e. The van der Waals surface area contributed by atoms with Crippen LogP contribution in [0.5, 0.6) is 5.75 Å². The molecule has 2 aromatic carbocycles. The lowest BCUT2D eigenvalue weighted by Crippen LogP contribution is -2.04. The number of hydrogen-bond acceptors (Lipinski definition) is 3. The van der Waals surface area contributed by atoms with Crippen LogP contribution >= 0.6 is 15.9 Å². The molecule has 0 saturated heterocycles. The van der Waals surface area contributed by atoms with Crippen molar-refractivity contribution in [2.24, 2.45) is 0 Å². The number of ether oxygens (including phenoxy) is 1. The van der Waals surface area contributed by atoms with Crippen molar-refractivity contribution in [3.63, 3.8) is 0 Å². The van der Waals surface area contributed by atoms with Crippen LogP contribution in [-0.4, -0.2) is 7.11 Å². The molecule has 1 aromatic heterocycles. The number of aryl methyl sites for hydroxylation is 1. The summed E-state index contributed by atoms with van der Waals surface area (Å²) < 4.78 is 11.6. The van der Waals surface area contributed by atoms with Gasteiger partial charge in [0.1, 0.15) is 11.3 Å². The topological polar surface area (TPSA) is 39.4 Å². The van der Waals surface area contributed by atoms with E-state index in [9.17, 15) is 4.79 Å². The molecule has 3 nitrogen and oxygen atoms in total. The first-order valence-corrected chi connectivity index (χ1v) is 7.82. The Morgan fingerprint density at radius 3 is 2.64 bits per heavy atom. The molecule has 0 aliphatic heterocycles. The van der Waals surface area contributed by atoms with Crippen molar-refractivity contribution in [3.05, 3.63) is 62.9 Å². The van der Waals surface area contributed by atoms with Crippen LogP contribution in [0.15, 0.2) is 56.1 Å². The molecule has 0 bridgehead atoms. The summed E-state index contributed by atoms with van der Waals surface area (Å²) in [4.78, 5) is 12.4. The number of halogens is 1. The maximum atomic E-state index is 12.4. The predicted molar refractivity (Wildman–Crippen MR) is 91.6 cm³/mol. The first-order valence-electron chi connectivity index (χ1n) is 7.03. The first kappa shape index (κ1) is 14.9. The normalized spacial score (nSPS) is 10.9. The molecule has 4 heteroatoms. The standard InChI is InChI=1S/C18H15BrO3/c1-3-11-8-13(19)5-7-15(11)16-9-12-4-6-14(21-2)10-17(12)22-18(16)20/h4-10H,3H2,1-2H3. The van der Waals surface area contributed by atoms with E-state index >= 15 is 0 Å². The van der Waals surface area contributed by atoms with Gasteiger partial charge in [-0.15, -0.1) is 0 Å². The minimum atomic E-state index is -0.335. The number of methoxy groups -OCH3 is 1. The molecule has 0 unspecified atom stereocenters. The highest BCUT2D eigenvalue weighted by atomic mass is 79.9. The SMILES string of the molecule is CCc1cc(Br)ccc1-c1cc2ccc(OC)cc2oc1=O. The van der Waals surface area contributed by atoms with Crippen LogP contribution in [0.4, 0.5) is 0 Å². The minimum absolute atomic E-state index is 0.335. The van der Waals surface area contributed by atoms with Gasteiger partial charge in [0.2, 0.25) is 0 Å². The molecule has 0 fully saturated rings. The largest absolute Gasteiger partial charge is 0.497 e. The highest BCUT2D eigenvalue weighted by Crippen LogP contribution is 2.28. The van der Waals surface area contributed by atoms with Gasteiger partial charge in [-0.05, 0) is 47.9 Å². The van der Waals surface area contributed by atoms with E-state index in [4.69, 9.17) is 9.15 Å². The second-order valence-electron chi connectivity index (χ2n) is 5.01. The van der Waals surface area contributed by atoms with Gasteiger partial charge in [0.05, 0.1) is 12.7 Å². The quantitative estimate of drug-likeness (QED) is 0.631. The zero-order valence-electron chi connectivity index (χ0n) is 12.4. The van der Waals surface area contributed by atoms with E-state index in [0.29, 0.717) is 16.9 Å². The van der Waals surface area contributed by atoms with Crippen molar-refractivity contribution >= 4 is 26.9 Å². The third kappa shape index (κ3) is 2.66. The van der Waals surface area contributed by atoms with Gasteiger partial charge in [0, 0.05) is 15.9 Å². The van der Waals surface area contributed by atoms with Gasteiger partial charge in [0.25, 0.3) is 0 Å². The van der Waals surface area contributed by atoms with Gasteiger partial charge in [-0.3, -0.25) is 0 Å². The molecule has 3 aromatic rings. The fourth-order valence-electron chi connectivity index (χ4n) is 2.52. The van der Waals surface area contributed by atoms with Crippen LogP contribution in [0.2, 0.25) is 0 Å². The van der Waals surface area contributed by atoms with Gasteiger partial charge in [-0.1, -0.05) is 28.9 Å². The zero-order valence-corrected chi connectivity index (χ0v) is 13.9. The molecule has 0 aliphatic carbocycles. The summed E-state index contributed by atoms with van der Waals surface area (Å²) in [5, 5.41) is 0.875. The fourth-order valence-corrected chi connectivity index (χ4v) is 2.93. The lowest BCUT2D eigenvalue weighted by atomic mass is 9.98. The molecule has 0 radical (unpaired) electrons. The number of hydrogen-bond donors (Lipinski definition) is 0. The summed E-state index contributed by atoms with van der Waals surface area (Å²) in [6, 6.07) is 13.3. The summed E-state index contributed by atoms with van der Waals surface area (Å²) in [5.74, 6) is 0.668. The van der Waals surface area contributed by atoms with Crippen LogP contribution in [0.1, 0.15) is 12.5 Å². The monoisotopic (exact) mass is 358 g/mol. The molecule has 22 heavy (non-hydrogen) atoms. The summed E-state index contributed by atoms with van der Waals surface area (Å²) in [6.45, 7) is 2.07. The van der Waals surface area contributed by atoms with Crippen LogP contribution in [0, 0.1) is 0 Å². The van der Waals surface area contributed by atoms with Crippen LogP contribution in [0.25, 0.3) is 22.1 Å². The summed E-state index contributed by atoms with van der Waals surface area (Å²) >= 11 is 3.47. The number of benzene rings is 2. The van der Waals surface area contributed by atoms with Crippen molar-refractivity contribution in [1.29, 1.82) is 0 Å². The van der Waals surface area contributed by atoms with Crippen LogP contribution < -0.4 is 10.4 Å². The van der Waals surface area contributed by atoms with Gasteiger partial charge >= 0.3 is 5.63 Å². The Kier molecular flexibility index (Phi) is 4.03. The van der Waals surface area contributed by atoms with E-state index in [-0.39, 0.29) is 5.63 Å². The molecule has 0 amide bonds. The predicted octanol–water partition coefficient (Wildman–Crippen LogP) is 4.79. The Balaban J connectivity index is 2.24. The van der Waals surface area contributed by atoms with Gasteiger partial charge < -0.3 is 9.15 Å².